The summed E-state index contributed by atoms with van der Waals surface area (Å²) in [6, 6.07) is 0. The summed E-state index contributed by atoms with van der Waals surface area (Å²) >= 11 is 4.01. The largest absolute Gasteiger partial charge is 0.394 e. The molecule has 0 amide bonds. The molecule has 6 atom stereocenters. The molecule has 0 bridgehead atoms. The molecule has 0 heterocycles. The molecule has 5 N–H and O–H groups in total. The third-order valence-corrected chi connectivity index (χ3v) is 3.41. The van der Waals surface area contributed by atoms with E-state index in [9.17, 15) is 25.5 Å². The second-order valence-electron chi connectivity index (χ2n) is 5.10. The molecular weight excluding hydrogens is 316 g/mol. The number of aliphatic hydroxyl groups is 5. The van der Waals surface area contributed by atoms with E-state index in [2.05, 4.69) is 12.6 Å². The van der Waals surface area contributed by atoms with E-state index in [0.717, 1.165) is 0 Å². The fraction of sp³-hybridized carbons (Fsp3) is 1.00. The van der Waals surface area contributed by atoms with Crippen LogP contribution in [0.4, 0.5) is 0 Å². The van der Waals surface area contributed by atoms with Crippen LogP contribution in [0.1, 0.15) is 20.3 Å². The molecule has 0 saturated carbocycles. The van der Waals surface area contributed by atoms with Crippen molar-refractivity contribution in [3.8, 4) is 0 Å². The molecule has 0 radical (unpaired) electrons. The van der Waals surface area contributed by atoms with E-state index in [-0.39, 0.29) is 18.8 Å². The van der Waals surface area contributed by atoms with Gasteiger partial charge >= 0.3 is 0 Å². The van der Waals surface area contributed by atoms with Gasteiger partial charge in [0.25, 0.3) is 0 Å². The first-order chi connectivity index (χ1) is 10.3. The van der Waals surface area contributed by atoms with Crippen molar-refractivity contribution < 1.29 is 39.7 Å². The number of rotatable bonds is 12. The summed E-state index contributed by atoms with van der Waals surface area (Å²) in [6.07, 6.45) is -7.43. The standard InChI is InChI=1S/C13H28O8S/c1-7(15)4-9(10(5-14)19-3)20-13(12(17)18)21-11(6-22)8(2)16/h7-18,22H,4-6H2,1-3H3/t7-,8?,9?,10?,11?,13?/m1/s1. The van der Waals surface area contributed by atoms with Crippen LogP contribution in [0.3, 0.4) is 0 Å². The molecule has 0 aliphatic carbocycles. The van der Waals surface area contributed by atoms with Crippen molar-refractivity contribution in [3.05, 3.63) is 0 Å². The molecule has 8 nitrogen and oxygen atoms in total. The first-order valence-corrected chi connectivity index (χ1v) is 7.67. The lowest BCUT2D eigenvalue weighted by atomic mass is 10.1. The molecule has 0 aromatic carbocycles. The first-order valence-electron chi connectivity index (χ1n) is 7.04. The lowest BCUT2D eigenvalue weighted by Gasteiger charge is -2.33. The molecule has 0 rings (SSSR count). The number of hydrogen-bond acceptors (Lipinski definition) is 9. The average molecular weight is 344 g/mol. The second kappa shape index (κ2) is 11.5. The fourth-order valence-electron chi connectivity index (χ4n) is 1.80. The van der Waals surface area contributed by atoms with Crippen LogP contribution in [0.5, 0.6) is 0 Å². The van der Waals surface area contributed by atoms with Gasteiger partial charge in [0, 0.05) is 19.3 Å². The highest BCUT2D eigenvalue weighted by Gasteiger charge is 2.32. The Morgan fingerprint density at radius 2 is 1.50 bits per heavy atom. The zero-order chi connectivity index (χ0) is 17.3. The van der Waals surface area contributed by atoms with Crippen LogP contribution in [-0.2, 0) is 14.2 Å². The Hall–Kier alpha value is 0.0300. The van der Waals surface area contributed by atoms with E-state index in [1.54, 1.807) is 0 Å². The molecule has 22 heavy (non-hydrogen) atoms. The Labute approximate surface area is 136 Å². The Morgan fingerprint density at radius 3 is 1.82 bits per heavy atom. The van der Waals surface area contributed by atoms with E-state index in [1.165, 1.54) is 21.0 Å². The van der Waals surface area contributed by atoms with Gasteiger partial charge in [-0.05, 0) is 13.8 Å². The second-order valence-corrected chi connectivity index (χ2v) is 5.46. The average Bonchev–Trinajstić information content (AvgIpc) is 2.42. The summed E-state index contributed by atoms with van der Waals surface area (Å²) in [5, 5.41) is 47.1. The van der Waals surface area contributed by atoms with Gasteiger partial charge < -0.3 is 39.7 Å². The van der Waals surface area contributed by atoms with Gasteiger partial charge in [0.05, 0.1) is 31.0 Å². The summed E-state index contributed by atoms with van der Waals surface area (Å²) in [5.74, 6) is 0.138. The Morgan fingerprint density at radius 1 is 0.955 bits per heavy atom. The minimum Gasteiger partial charge on any atom is -0.394 e. The fourth-order valence-corrected chi connectivity index (χ4v) is 2.19. The smallest absolute Gasteiger partial charge is 0.209 e. The molecule has 0 fully saturated rings. The SMILES string of the molecule is COC(CO)C(C[C@@H](C)O)OC(OC(CS)C(C)O)C(O)O. The highest BCUT2D eigenvalue weighted by Crippen LogP contribution is 2.17. The van der Waals surface area contributed by atoms with Crippen molar-refractivity contribution >= 4 is 12.6 Å². The van der Waals surface area contributed by atoms with Crippen LogP contribution >= 0.6 is 12.6 Å². The predicted molar refractivity (Wildman–Crippen MR) is 81.5 cm³/mol. The van der Waals surface area contributed by atoms with Gasteiger partial charge in [0.15, 0.2) is 0 Å². The Kier molecular flexibility index (Phi) is 11.6. The molecule has 0 aliphatic rings. The van der Waals surface area contributed by atoms with Gasteiger partial charge in [0.1, 0.15) is 6.10 Å². The van der Waals surface area contributed by atoms with Crippen molar-refractivity contribution in [2.45, 2.75) is 63.4 Å². The zero-order valence-corrected chi connectivity index (χ0v) is 14.0. The topological polar surface area (TPSA) is 129 Å². The van der Waals surface area contributed by atoms with Crippen molar-refractivity contribution in [1.29, 1.82) is 0 Å². The van der Waals surface area contributed by atoms with Crippen LogP contribution in [-0.4, -0.2) is 88.1 Å². The summed E-state index contributed by atoms with van der Waals surface area (Å²) in [7, 11) is 1.36. The molecule has 0 aromatic heterocycles. The number of thiol groups is 1. The van der Waals surface area contributed by atoms with Crippen molar-refractivity contribution in [2.24, 2.45) is 0 Å². The highest BCUT2D eigenvalue weighted by molar-refractivity contribution is 7.80. The van der Waals surface area contributed by atoms with Crippen LogP contribution in [0.25, 0.3) is 0 Å². The maximum Gasteiger partial charge on any atom is 0.209 e. The molecular formula is C13H28O8S. The summed E-state index contributed by atoms with van der Waals surface area (Å²) < 4.78 is 15.8. The summed E-state index contributed by atoms with van der Waals surface area (Å²) in [6.45, 7) is 2.62. The highest BCUT2D eigenvalue weighted by atomic mass is 32.1. The lowest BCUT2D eigenvalue weighted by molar-refractivity contribution is -0.299. The van der Waals surface area contributed by atoms with Crippen molar-refractivity contribution in [3.63, 3.8) is 0 Å². The predicted octanol–water partition coefficient (Wildman–Crippen LogP) is -1.52. The van der Waals surface area contributed by atoms with Crippen LogP contribution in [0.2, 0.25) is 0 Å². The van der Waals surface area contributed by atoms with E-state index < -0.39 is 43.1 Å². The minimum atomic E-state index is -1.98. The van der Waals surface area contributed by atoms with Gasteiger partial charge in [-0.25, -0.2) is 0 Å². The Bertz CT molecular complexity index is 273. The zero-order valence-electron chi connectivity index (χ0n) is 13.1. The first kappa shape index (κ1) is 22.0. The van der Waals surface area contributed by atoms with E-state index in [0.29, 0.717) is 0 Å². The normalized spacial score (nSPS) is 20.5. The third-order valence-electron chi connectivity index (χ3n) is 3.05. The van der Waals surface area contributed by atoms with Gasteiger partial charge in [-0.1, -0.05) is 0 Å². The van der Waals surface area contributed by atoms with E-state index in [1.807, 2.05) is 0 Å². The molecule has 0 aliphatic heterocycles. The van der Waals surface area contributed by atoms with Gasteiger partial charge in [-0.15, -0.1) is 0 Å². The van der Waals surface area contributed by atoms with Crippen LogP contribution in [0, 0.1) is 0 Å². The summed E-state index contributed by atoms with van der Waals surface area (Å²) in [5.41, 5.74) is 0. The Balaban J connectivity index is 4.97. The number of hydrogen-bond donors (Lipinski definition) is 6. The molecule has 0 saturated heterocycles. The maximum atomic E-state index is 9.53. The van der Waals surface area contributed by atoms with Crippen LogP contribution < -0.4 is 0 Å². The molecule has 0 aromatic rings. The summed E-state index contributed by atoms with van der Waals surface area (Å²) in [4.78, 5) is 0. The lowest BCUT2D eigenvalue weighted by Crippen LogP contribution is -2.46. The maximum absolute atomic E-state index is 9.53. The van der Waals surface area contributed by atoms with Crippen molar-refractivity contribution in [2.75, 3.05) is 19.5 Å². The minimum absolute atomic E-state index is 0.0892. The third kappa shape index (κ3) is 8.04. The number of methoxy groups -OCH3 is 1. The van der Waals surface area contributed by atoms with Gasteiger partial charge in [-0.3, -0.25) is 0 Å². The molecule has 9 heteroatoms. The van der Waals surface area contributed by atoms with Crippen LogP contribution in [0.15, 0.2) is 0 Å². The quantitative estimate of drug-likeness (QED) is 0.186. The van der Waals surface area contributed by atoms with E-state index >= 15 is 0 Å². The van der Waals surface area contributed by atoms with Gasteiger partial charge in [0.2, 0.25) is 12.6 Å². The molecule has 0 spiro atoms. The molecule has 134 valence electrons. The number of ether oxygens (including phenoxy) is 3. The van der Waals surface area contributed by atoms with E-state index in [4.69, 9.17) is 14.2 Å². The monoisotopic (exact) mass is 344 g/mol. The van der Waals surface area contributed by atoms with Gasteiger partial charge in [-0.2, -0.15) is 12.6 Å². The number of aliphatic hydroxyl groups excluding tert-OH is 4. The van der Waals surface area contributed by atoms with Crippen molar-refractivity contribution in [1.82, 2.24) is 0 Å². The molecule has 5 unspecified atom stereocenters.